The van der Waals surface area contributed by atoms with Crippen LogP contribution in [0.4, 0.5) is 0 Å². The van der Waals surface area contributed by atoms with Gasteiger partial charge < -0.3 is 52.1 Å². The molecule has 0 N–H and O–H groups in total. The topological polar surface area (TPSA) is 238 Å². The van der Waals surface area contributed by atoms with Crippen molar-refractivity contribution in [3.05, 3.63) is 0 Å². The highest BCUT2D eigenvalue weighted by molar-refractivity contribution is 5.70. The largest absolute Gasteiger partial charge is 0.463 e. The van der Waals surface area contributed by atoms with Crippen molar-refractivity contribution in [2.24, 2.45) is 0 Å². The molecule has 264 valence electrons. The van der Waals surface area contributed by atoms with Crippen molar-refractivity contribution in [1.82, 2.24) is 0 Å². The van der Waals surface area contributed by atoms with Gasteiger partial charge in [0, 0.05) is 55.4 Å². The fourth-order valence-corrected chi connectivity index (χ4v) is 4.73. The average Bonchev–Trinajstić information content (AvgIpc) is 3.22. The van der Waals surface area contributed by atoms with Crippen LogP contribution in [0.3, 0.4) is 0 Å². The molecular weight excluding hydrogens is 640 g/mol. The lowest BCUT2D eigenvalue weighted by Gasteiger charge is -2.45. The number of esters is 8. The van der Waals surface area contributed by atoms with Gasteiger partial charge >= 0.3 is 47.8 Å². The summed E-state index contributed by atoms with van der Waals surface area (Å²) in [7, 11) is 0. The molecule has 0 aromatic rings. The summed E-state index contributed by atoms with van der Waals surface area (Å²) in [5, 5.41) is 0. The second kappa shape index (κ2) is 17.5. The lowest BCUT2D eigenvalue weighted by Crippen LogP contribution is -2.64. The van der Waals surface area contributed by atoms with Crippen LogP contribution in [0.1, 0.15) is 55.4 Å². The maximum atomic E-state index is 12.2. The van der Waals surface area contributed by atoms with Crippen molar-refractivity contribution in [1.29, 1.82) is 0 Å². The van der Waals surface area contributed by atoms with Crippen LogP contribution in [0.15, 0.2) is 0 Å². The van der Waals surface area contributed by atoms with Crippen molar-refractivity contribution in [3.8, 4) is 0 Å². The Labute approximate surface area is 268 Å². The van der Waals surface area contributed by atoms with Crippen molar-refractivity contribution in [2.75, 3.05) is 13.2 Å². The van der Waals surface area contributed by atoms with E-state index in [4.69, 9.17) is 52.1 Å². The molecule has 1 unspecified atom stereocenters. The van der Waals surface area contributed by atoms with Crippen LogP contribution in [0.25, 0.3) is 0 Å². The third kappa shape index (κ3) is 12.1. The zero-order valence-corrected chi connectivity index (χ0v) is 26.9. The average molecular weight is 679 g/mol. The molecule has 0 spiro atoms. The van der Waals surface area contributed by atoms with E-state index in [0.29, 0.717) is 0 Å². The van der Waals surface area contributed by atoms with Crippen molar-refractivity contribution in [2.45, 2.75) is 117 Å². The van der Waals surface area contributed by atoms with Gasteiger partial charge in [-0.25, -0.2) is 0 Å². The number of carbonyl (C=O) groups is 8. The Kier molecular flexibility index (Phi) is 14.5. The van der Waals surface area contributed by atoms with Gasteiger partial charge in [-0.1, -0.05) is 0 Å². The van der Waals surface area contributed by atoms with Gasteiger partial charge in [0.25, 0.3) is 0 Å². The third-order valence-corrected chi connectivity index (χ3v) is 6.17. The SMILES string of the molecule is CC(=O)OC[C@@H]1O[C@@H](O[C@H](COC(C)=O)[C@H]2OC(OC(C)=O)[C@H](OC(C)=O)[C@H]2OC(C)=O)[C@H](OC(C)=O)[C@H](OC(C)=O)[C@H]1OC(C)=O. The Morgan fingerprint density at radius 2 is 0.894 bits per heavy atom. The molecule has 0 amide bonds. The van der Waals surface area contributed by atoms with Gasteiger partial charge in [0.1, 0.15) is 31.5 Å². The van der Waals surface area contributed by atoms with Gasteiger partial charge in [0.05, 0.1) is 0 Å². The van der Waals surface area contributed by atoms with Crippen LogP contribution in [-0.2, 0) is 90.5 Å². The molecule has 0 aromatic carbocycles. The van der Waals surface area contributed by atoms with E-state index in [-0.39, 0.29) is 0 Å². The minimum Gasteiger partial charge on any atom is -0.463 e. The van der Waals surface area contributed by atoms with E-state index in [1.807, 2.05) is 0 Å². The number of rotatable bonds is 13. The fraction of sp³-hybridized carbons (Fsp3) is 0.714. The van der Waals surface area contributed by atoms with Crippen LogP contribution in [-0.4, -0.2) is 122 Å². The summed E-state index contributed by atoms with van der Waals surface area (Å²) in [6.45, 7) is 7.06. The number of hydrogen-bond donors (Lipinski definition) is 0. The predicted molar refractivity (Wildman–Crippen MR) is 145 cm³/mol. The minimum atomic E-state index is -1.79. The molecule has 19 heteroatoms. The Balaban J connectivity index is 2.67. The van der Waals surface area contributed by atoms with Crippen LogP contribution in [0, 0.1) is 0 Å². The first-order valence-electron chi connectivity index (χ1n) is 14.2. The van der Waals surface area contributed by atoms with Crippen LogP contribution >= 0.6 is 0 Å². The molecule has 0 saturated carbocycles. The van der Waals surface area contributed by atoms with Crippen LogP contribution in [0.5, 0.6) is 0 Å². The van der Waals surface area contributed by atoms with E-state index in [1.165, 1.54) is 0 Å². The van der Waals surface area contributed by atoms with Gasteiger partial charge in [0.15, 0.2) is 30.7 Å². The second-order valence-electron chi connectivity index (χ2n) is 10.3. The normalized spacial score (nSPS) is 28.9. The summed E-state index contributed by atoms with van der Waals surface area (Å²) < 4.78 is 60.0. The molecule has 19 nitrogen and oxygen atoms in total. The fourth-order valence-electron chi connectivity index (χ4n) is 4.73. The van der Waals surface area contributed by atoms with Gasteiger partial charge in [0.2, 0.25) is 12.4 Å². The highest BCUT2D eigenvalue weighted by Crippen LogP contribution is 2.35. The number of ether oxygens (including phenoxy) is 11. The lowest BCUT2D eigenvalue weighted by molar-refractivity contribution is -0.327. The van der Waals surface area contributed by atoms with E-state index < -0.39 is 122 Å². The molecule has 2 saturated heterocycles. The minimum absolute atomic E-state index is 0.578. The smallest absolute Gasteiger partial charge is 0.305 e. The van der Waals surface area contributed by atoms with Crippen molar-refractivity contribution >= 4 is 47.8 Å². The molecule has 2 fully saturated rings. The second-order valence-corrected chi connectivity index (χ2v) is 10.3. The maximum Gasteiger partial charge on any atom is 0.305 e. The molecule has 2 aliphatic rings. The first-order chi connectivity index (χ1) is 21.9. The summed E-state index contributed by atoms with van der Waals surface area (Å²) in [6, 6.07) is 0. The highest BCUT2D eigenvalue weighted by atomic mass is 16.8. The molecule has 2 rings (SSSR count). The van der Waals surface area contributed by atoms with Crippen molar-refractivity contribution in [3.63, 3.8) is 0 Å². The van der Waals surface area contributed by atoms with E-state index in [1.54, 1.807) is 0 Å². The Hall–Kier alpha value is -4.36. The molecule has 2 aliphatic heterocycles. The Morgan fingerprint density at radius 3 is 1.36 bits per heavy atom. The summed E-state index contributed by atoms with van der Waals surface area (Å²) in [6.07, 6.45) is -15.9. The first kappa shape index (κ1) is 38.8. The van der Waals surface area contributed by atoms with Gasteiger partial charge in [-0.3, -0.25) is 38.4 Å². The maximum absolute atomic E-state index is 12.2. The van der Waals surface area contributed by atoms with E-state index in [0.717, 1.165) is 55.4 Å². The molecular formula is C28H38O19. The van der Waals surface area contributed by atoms with Gasteiger partial charge in [-0.05, 0) is 0 Å². The van der Waals surface area contributed by atoms with Crippen molar-refractivity contribution < 1.29 is 90.5 Å². The Morgan fingerprint density at radius 1 is 0.468 bits per heavy atom. The monoisotopic (exact) mass is 678 g/mol. The third-order valence-electron chi connectivity index (χ3n) is 6.17. The zero-order chi connectivity index (χ0) is 35.6. The lowest BCUT2D eigenvalue weighted by atomic mass is 9.97. The van der Waals surface area contributed by atoms with Crippen LogP contribution < -0.4 is 0 Å². The molecule has 47 heavy (non-hydrogen) atoms. The molecule has 10 atom stereocenters. The summed E-state index contributed by atoms with van der Waals surface area (Å²) in [4.78, 5) is 95.9. The van der Waals surface area contributed by atoms with Gasteiger partial charge in [-0.2, -0.15) is 0 Å². The molecule has 2 heterocycles. The molecule has 0 radical (unpaired) electrons. The molecule has 0 bridgehead atoms. The standard InChI is InChI=1S/C28H38O19/c1-11(29)37-9-19-21(39-13(3)31)23(40-14(4)32)26(43-17(7)35)28(45-19)46-20(10-38-12(2)30)22-24(41-15(5)33)25(42-16(6)34)27(47-22)44-18(8)36/h19-28H,9-10H2,1-8H3/t19-,20+,21-,22+,23+,24-,25+,26+,27?,28-/m0/s1. The predicted octanol–water partition coefficient (Wildman–Crippen LogP) is -0.831. The summed E-state index contributed by atoms with van der Waals surface area (Å²) in [5.41, 5.74) is 0. The zero-order valence-electron chi connectivity index (χ0n) is 26.9. The van der Waals surface area contributed by atoms with Crippen LogP contribution in [0.2, 0.25) is 0 Å². The van der Waals surface area contributed by atoms with E-state index in [9.17, 15) is 38.4 Å². The van der Waals surface area contributed by atoms with E-state index in [2.05, 4.69) is 0 Å². The Bertz CT molecular complexity index is 1200. The summed E-state index contributed by atoms with van der Waals surface area (Å²) >= 11 is 0. The summed E-state index contributed by atoms with van der Waals surface area (Å²) in [5.74, 6) is -6.90. The molecule has 0 aliphatic carbocycles. The first-order valence-corrected chi connectivity index (χ1v) is 14.2. The quantitative estimate of drug-likeness (QED) is 0.171. The number of hydrogen-bond acceptors (Lipinski definition) is 19. The molecule has 0 aromatic heterocycles. The number of carbonyl (C=O) groups excluding carboxylic acids is 8. The van der Waals surface area contributed by atoms with E-state index >= 15 is 0 Å². The van der Waals surface area contributed by atoms with Gasteiger partial charge in [-0.15, -0.1) is 0 Å². The highest BCUT2D eigenvalue weighted by Gasteiger charge is 2.58.